The lowest BCUT2D eigenvalue weighted by atomic mass is 9.98. The zero-order valence-electron chi connectivity index (χ0n) is 9.62. The highest BCUT2D eigenvalue weighted by atomic mass is 35.5. The lowest BCUT2D eigenvalue weighted by molar-refractivity contribution is 0.586. The molecule has 1 aromatic carbocycles. The largest absolute Gasteiger partial charge is 0.241 e. The number of benzene rings is 1. The van der Waals surface area contributed by atoms with Crippen molar-refractivity contribution in [3.05, 3.63) is 39.7 Å². The summed E-state index contributed by atoms with van der Waals surface area (Å²) in [5, 5.41) is 4.02. The highest BCUT2D eigenvalue weighted by Crippen LogP contribution is 2.30. The van der Waals surface area contributed by atoms with E-state index in [-0.39, 0.29) is 5.41 Å². The van der Waals surface area contributed by atoms with Crippen LogP contribution < -0.4 is 0 Å². The van der Waals surface area contributed by atoms with Crippen LogP contribution in [0.1, 0.15) is 25.8 Å². The Bertz CT molecular complexity index is 479. The molecule has 0 unspecified atom stereocenters. The summed E-state index contributed by atoms with van der Waals surface area (Å²) in [6, 6.07) is 7.80. The lowest BCUT2D eigenvalue weighted by Crippen LogP contribution is -2.10. The summed E-state index contributed by atoms with van der Waals surface area (Å²) < 4.78 is 0. The second kappa shape index (κ2) is 4.19. The van der Waals surface area contributed by atoms with Crippen molar-refractivity contribution in [1.29, 1.82) is 0 Å². The van der Waals surface area contributed by atoms with Gasteiger partial charge in [0.1, 0.15) is 0 Å². The SMILES string of the molecule is CC(C)(C)c1nc(-c2ccc(Cl)cc2)cs1. The van der Waals surface area contributed by atoms with Gasteiger partial charge in [0.15, 0.2) is 0 Å². The first kappa shape index (κ1) is 11.6. The number of rotatable bonds is 1. The van der Waals surface area contributed by atoms with Crippen LogP contribution in [0.3, 0.4) is 0 Å². The quantitative estimate of drug-likeness (QED) is 0.712. The van der Waals surface area contributed by atoms with Crippen LogP contribution in [0.4, 0.5) is 0 Å². The number of thiazole rings is 1. The van der Waals surface area contributed by atoms with E-state index in [9.17, 15) is 0 Å². The van der Waals surface area contributed by atoms with Crippen molar-refractivity contribution in [2.75, 3.05) is 0 Å². The second-order valence-corrected chi connectivity index (χ2v) is 6.09. The van der Waals surface area contributed by atoms with Gasteiger partial charge in [-0.05, 0) is 12.1 Å². The van der Waals surface area contributed by atoms with Gasteiger partial charge in [0.2, 0.25) is 0 Å². The van der Waals surface area contributed by atoms with Gasteiger partial charge < -0.3 is 0 Å². The molecule has 1 nitrogen and oxygen atoms in total. The third-order valence-corrected chi connectivity index (χ3v) is 3.81. The van der Waals surface area contributed by atoms with Crippen molar-refractivity contribution in [2.24, 2.45) is 0 Å². The minimum absolute atomic E-state index is 0.120. The summed E-state index contributed by atoms with van der Waals surface area (Å²) in [4.78, 5) is 4.66. The standard InChI is InChI=1S/C13H14ClNS/c1-13(2,3)12-15-11(8-16-12)9-4-6-10(14)7-5-9/h4-8H,1-3H3. The maximum absolute atomic E-state index is 5.86. The fourth-order valence-electron chi connectivity index (χ4n) is 1.37. The number of nitrogens with zero attached hydrogens (tertiary/aromatic N) is 1. The van der Waals surface area contributed by atoms with Crippen molar-refractivity contribution in [2.45, 2.75) is 26.2 Å². The fourth-order valence-corrected chi connectivity index (χ4v) is 2.41. The van der Waals surface area contributed by atoms with E-state index in [2.05, 4.69) is 31.1 Å². The molecule has 84 valence electrons. The zero-order valence-corrected chi connectivity index (χ0v) is 11.2. The zero-order chi connectivity index (χ0) is 11.8. The second-order valence-electron chi connectivity index (χ2n) is 4.79. The summed E-state index contributed by atoms with van der Waals surface area (Å²) in [6.45, 7) is 6.53. The normalized spacial score (nSPS) is 11.8. The number of hydrogen-bond acceptors (Lipinski definition) is 2. The van der Waals surface area contributed by atoms with Gasteiger partial charge in [-0.1, -0.05) is 44.5 Å². The summed E-state index contributed by atoms with van der Waals surface area (Å²) in [5.74, 6) is 0. The van der Waals surface area contributed by atoms with Crippen LogP contribution in [-0.2, 0) is 5.41 Å². The van der Waals surface area contributed by atoms with Crippen LogP contribution in [0.15, 0.2) is 29.6 Å². The number of aromatic nitrogens is 1. The molecule has 2 rings (SSSR count). The molecule has 0 saturated carbocycles. The van der Waals surface area contributed by atoms with Crippen LogP contribution in [0, 0.1) is 0 Å². The molecule has 1 aromatic heterocycles. The average Bonchev–Trinajstić information content (AvgIpc) is 2.67. The minimum atomic E-state index is 0.120. The van der Waals surface area contributed by atoms with Crippen LogP contribution in [-0.4, -0.2) is 4.98 Å². The highest BCUT2D eigenvalue weighted by Gasteiger charge is 2.18. The van der Waals surface area contributed by atoms with Crippen LogP contribution in [0.25, 0.3) is 11.3 Å². The molecule has 2 aromatic rings. The smallest absolute Gasteiger partial charge is 0.0986 e. The third kappa shape index (κ3) is 2.45. The molecule has 0 aliphatic heterocycles. The third-order valence-electron chi connectivity index (χ3n) is 2.29. The van der Waals surface area contributed by atoms with E-state index in [1.807, 2.05) is 24.3 Å². The number of hydrogen-bond donors (Lipinski definition) is 0. The molecule has 0 bridgehead atoms. The van der Waals surface area contributed by atoms with E-state index in [4.69, 9.17) is 11.6 Å². The molecule has 0 spiro atoms. The van der Waals surface area contributed by atoms with Gasteiger partial charge in [-0.2, -0.15) is 0 Å². The predicted molar refractivity (Wildman–Crippen MR) is 71.3 cm³/mol. The maximum Gasteiger partial charge on any atom is 0.0986 e. The highest BCUT2D eigenvalue weighted by molar-refractivity contribution is 7.10. The monoisotopic (exact) mass is 251 g/mol. The lowest BCUT2D eigenvalue weighted by Gasteiger charge is -2.13. The van der Waals surface area contributed by atoms with Crippen LogP contribution in [0.5, 0.6) is 0 Å². The van der Waals surface area contributed by atoms with Crippen molar-refractivity contribution in [1.82, 2.24) is 4.98 Å². The van der Waals surface area contributed by atoms with Gasteiger partial charge >= 0.3 is 0 Å². The molecule has 1 heterocycles. The molecule has 0 amide bonds. The van der Waals surface area contributed by atoms with Crippen molar-refractivity contribution in [3.63, 3.8) is 0 Å². The summed E-state index contributed by atoms with van der Waals surface area (Å²) in [5.41, 5.74) is 2.28. The van der Waals surface area contributed by atoms with Crippen molar-refractivity contribution >= 4 is 22.9 Å². The molecule has 0 aliphatic rings. The molecule has 0 saturated heterocycles. The first-order valence-electron chi connectivity index (χ1n) is 5.19. The van der Waals surface area contributed by atoms with Crippen LogP contribution in [0.2, 0.25) is 5.02 Å². The summed E-state index contributed by atoms with van der Waals surface area (Å²) in [6.07, 6.45) is 0. The molecule has 0 N–H and O–H groups in total. The Morgan fingerprint density at radius 3 is 2.25 bits per heavy atom. The first-order valence-corrected chi connectivity index (χ1v) is 6.44. The molecular weight excluding hydrogens is 238 g/mol. The van der Waals surface area contributed by atoms with Gasteiger partial charge in [0, 0.05) is 21.4 Å². The molecule has 0 fully saturated rings. The molecule has 0 atom stereocenters. The number of halogens is 1. The Morgan fingerprint density at radius 1 is 1.12 bits per heavy atom. The van der Waals surface area contributed by atoms with Crippen molar-refractivity contribution in [3.8, 4) is 11.3 Å². The molecule has 3 heteroatoms. The summed E-state index contributed by atoms with van der Waals surface area (Å²) >= 11 is 7.57. The average molecular weight is 252 g/mol. The van der Waals surface area contributed by atoms with Gasteiger partial charge in [-0.25, -0.2) is 4.98 Å². The molecule has 0 aliphatic carbocycles. The van der Waals surface area contributed by atoms with E-state index in [0.717, 1.165) is 21.3 Å². The first-order chi connectivity index (χ1) is 7.47. The van der Waals surface area contributed by atoms with E-state index < -0.39 is 0 Å². The van der Waals surface area contributed by atoms with Gasteiger partial charge in [0.05, 0.1) is 10.7 Å². The van der Waals surface area contributed by atoms with Crippen molar-refractivity contribution < 1.29 is 0 Å². The molecule has 16 heavy (non-hydrogen) atoms. The summed E-state index contributed by atoms with van der Waals surface area (Å²) in [7, 11) is 0. The van der Waals surface area contributed by atoms with Crippen LogP contribution >= 0.6 is 22.9 Å². The Morgan fingerprint density at radius 2 is 1.75 bits per heavy atom. The molecular formula is C13H14ClNS. The van der Waals surface area contributed by atoms with Gasteiger partial charge in [-0.3, -0.25) is 0 Å². The predicted octanol–water partition coefficient (Wildman–Crippen LogP) is 4.76. The Hall–Kier alpha value is -0.860. The van der Waals surface area contributed by atoms with E-state index in [1.165, 1.54) is 0 Å². The Balaban J connectivity index is 2.35. The fraction of sp³-hybridized carbons (Fsp3) is 0.308. The minimum Gasteiger partial charge on any atom is -0.241 e. The Labute approximate surface area is 105 Å². The Kier molecular flexibility index (Phi) is 3.04. The van der Waals surface area contributed by atoms with E-state index in [1.54, 1.807) is 11.3 Å². The molecule has 0 radical (unpaired) electrons. The van der Waals surface area contributed by atoms with E-state index >= 15 is 0 Å². The maximum atomic E-state index is 5.86. The van der Waals surface area contributed by atoms with E-state index in [0.29, 0.717) is 0 Å². The topological polar surface area (TPSA) is 12.9 Å². The van der Waals surface area contributed by atoms with Gasteiger partial charge in [0.25, 0.3) is 0 Å². The van der Waals surface area contributed by atoms with Gasteiger partial charge in [-0.15, -0.1) is 11.3 Å².